The summed E-state index contributed by atoms with van der Waals surface area (Å²) in [6, 6.07) is 13.1. The molecule has 5 heteroatoms. The number of fused-ring (bicyclic) bond motifs is 1. The second-order valence-corrected chi connectivity index (χ2v) is 4.77. The number of para-hydroxylation sites is 1. The number of benzene rings is 1. The van der Waals surface area contributed by atoms with E-state index in [1.807, 2.05) is 30.3 Å². The fraction of sp³-hybridized carbons (Fsp3) is 0.176. The molecule has 0 aliphatic rings. The Hall–Kier alpha value is -2.82. The lowest BCUT2D eigenvalue weighted by Gasteiger charge is -2.08. The first kappa shape index (κ1) is 14.1. The Bertz CT molecular complexity index is 748. The maximum absolute atomic E-state index is 11.7. The molecule has 2 heterocycles. The number of aromatic nitrogens is 1. The van der Waals surface area contributed by atoms with Gasteiger partial charge in [0.25, 0.3) is 5.91 Å². The van der Waals surface area contributed by atoms with Gasteiger partial charge in [0.15, 0.2) is 5.76 Å². The van der Waals surface area contributed by atoms with Crippen LogP contribution in [0.5, 0.6) is 5.75 Å². The highest BCUT2D eigenvalue weighted by molar-refractivity contribution is 5.91. The summed E-state index contributed by atoms with van der Waals surface area (Å²) in [7, 11) is 0. The van der Waals surface area contributed by atoms with Crippen molar-refractivity contribution in [3.63, 3.8) is 0 Å². The van der Waals surface area contributed by atoms with Gasteiger partial charge in [0, 0.05) is 18.1 Å². The molecule has 5 nitrogen and oxygen atoms in total. The van der Waals surface area contributed by atoms with E-state index in [-0.39, 0.29) is 5.91 Å². The fourth-order valence-corrected chi connectivity index (χ4v) is 2.14. The quantitative estimate of drug-likeness (QED) is 0.710. The minimum atomic E-state index is -0.211. The molecule has 0 aliphatic heterocycles. The minimum absolute atomic E-state index is 0.211. The molecule has 0 atom stereocenters. The first-order chi connectivity index (χ1) is 10.8. The lowest BCUT2D eigenvalue weighted by Crippen LogP contribution is -2.25. The summed E-state index contributed by atoms with van der Waals surface area (Å²) in [6.45, 7) is 1.03. The number of amides is 1. The maximum atomic E-state index is 11.7. The lowest BCUT2D eigenvalue weighted by molar-refractivity contribution is 0.0924. The zero-order valence-corrected chi connectivity index (χ0v) is 12.0. The van der Waals surface area contributed by atoms with Crippen LogP contribution in [-0.4, -0.2) is 24.0 Å². The van der Waals surface area contributed by atoms with Crippen LogP contribution in [-0.2, 0) is 0 Å². The molecule has 1 aromatic carbocycles. The summed E-state index contributed by atoms with van der Waals surface area (Å²) in [4.78, 5) is 16.0. The van der Waals surface area contributed by atoms with Crippen molar-refractivity contribution in [1.29, 1.82) is 0 Å². The average Bonchev–Trinajstić information content (AvgIpc) is 3.09. The van der Waals surface area contributed by atoms with Gasteiger partial charge in [-0.2, -0.15) is 0 Å². The van der Waals surface area contributed by atoms with Crippen molar-refractivity contribution in [2.24, 2.45) is 0 Å². The molecule has 3 aromatic rings. The van der Waals surface area contributed by atoms with Crippen LogP contribution < -0.4 is 10.1 Å². The molecule has 2 aromatic heterocycles. The molecule has 22 heavy (non-hydrogen) atoms. The molecular weight excluding hydrogens is 280 g/mol. The highest BCUT2D eigenvalue weighted by Gasteiger charge is 2.07. The van der Waals surface area contributed by atoms with Gasteiger partial charge in [-0.25, -0.2) is 0 Å². The fourth-order valence-electron chi connectivity index (χ4n) is 2.14. The second-order valence-electron chi connectivity index (χ2n) is 4.77. The normalized spacial score (nSPS) is 10.5. The molecule has 0 bridgehead atoms. The number of ether oxygens (including phenoxy) is 1. The lowest BCUT2D eigenvalue weighted by atomic mass is 10.2. The van der Waals surface area contributed by atoms with Crippen molar-refractivity contribution in [3.8, 4) is 5.75 Å². The maximum Gasteiger partial charge on any atom is 0.286 e. The monoisotopic (exact) mass is 296 g/mol. The van der Waals surface area contributed by atoms with Crippen LogP contribution in [0, 0.1) is 0 Å². The second kappa shape index (κ2) is 6.76. The molecule has 3 rings (SSSR count). The van der Waals surface area contributed by atoms with Gasteiger partial charge in [-0.05, 0) is 30.7 Å². The number of nitrogens with zero attached hydrogens (tertiary/aromatic N) is 1. The third-order valence-electron chi connectivity index (χ3n) is 3.20. The van der Waals surface area contributed by atoms with Gasteiger partial charge in [-0.1, -0.05) is 18.2 Å². The predicted octanol–water partition coefficient (Wildman–Crippen LogP) is 3.03. The number of furan rings is 1. The Balaban J connectivity index is 1.48. The smallest absolute Gasteiger partial charge is 0.286 e. The SMILES string of the molecule is O=C(NCCCOc1cccc2cccnc12)c1ccco1. The molecule has 0 fully saturated rings. The van der Waals surface area contributed by atoms with Crippen LogP contribution in [0.25, 0.3) is 10.9 Å². The standard InChI is InChI=1S/C17H16N2O3/c20-17(15-8-3-11-22-15)19-10-4-12-21-14-7-1-5-13-6-2-9-18-16(13)14/h1-3,5-9,11H,4,10,12H2,(H,19,20). The van der Waals surface area contributed by atoms with E-state index >= 15 is 0 Å². The Labute approximate surface area is 127 Å². The van der Waals surface area contributed by atoms with Gasteiger partial charge < -0.3 is 14.5 Å². The number of nitrogens with one attached hydrogen (secondary N) is 1. The molecule has 0 spiro atoms. The summed E-state index contributed by atoms with van der Waals surface area (Å²) in [5, 5.41) is 3.83. The third kappa shape index (κ3) is 3.25. The van der Waals surface area contributed by atoms with Crippen LogP contribution in [0.4, 0.5) is 0 Å². The van der Waals surface area contributed by atoms with Crippen LogP contribution in [0.2, 0.25) is 0 Å². The Morgan fingerprint density at radius 3 is 2.95 bits per heavy atom. The molecule has 1 amide bonds. The van der Waals surface area contributed by atoms with Crippen molar-refractivity contribution in [3.05, 3.63) is 60.7 Å². The van der Waals surface area contributed by atoms with Gasteiger partial charge in [-0.3, -0.25) is 9.78 Å². The predicted molar refractivity (Wildman–Crippen MR) is 82.9 cm³/mol. The average molecular weight is 296 g/mol. The highest BCUT2D eigenvalue weighted by atomic mass is 16.5. The zero-order valence-electron chi connectivity index (χ0n) is 12.0. The largest absolute Gasteiger partial charge is 0.491 e. The van der Waals surface area contributed by atoms with Gasteiger partial charge in [-0.15, -0.1) is 0 Å². The summed E-state index contributed by atoms with van der Waals surface area (Å²) in [5.41, 5.74) is 0.852. The van der Waals surface area contributed by atoms with Crippen LogP contribution in [0.15, 0.2) is 59.3 Å². The van der Waals surface area contributed by atoms with E-state index in [1.165, 1.54) is 6.26 Å². The van der Waals surface area contributed by atoms with Crippen molar-refractivity contribution in [2.45, 2.75) is 6.42 Å². The van der Waals surface area contributed by atoms with Crippen molar-refractivity contribution in [2.75, 3.05) is 13.2 Å². The van der Waals surface area contributed by atoms with E-state index in [1.54, 1.807) is 18.3 Å². The topological polar surface area (TPSA) is 64.4 Å². The van der Waals surface area contributed by atoms with Gasteiger partial charge in [0.2, 0.25) is 0 Å². The van der Waals surface area contributed by atoms with E-state index in [0.29, 0.717) is 25.3 Å². The van der Waals surface area contributed by atoms with E-state index < -0.39 is 0 Å². The summed E-state index contributed by atoms with van der Waals surface area (Å²) in [5.74, 6) is 0.867. The summed E-state index contributed by atoms with van der Waals surface area (Å²) in [6.07, 6.45) is 3.93. The number of carbonyl (C=O) groups excluding carboxylic acids is 1. The molecule has 0 radical (unpaired) electrons. The van der Waals surface area contributed by atoms with Gasteiger partial charge in [0.05, 0.1) is 12.9 Å². The number of pyridine rings is 1. The molecular formula is C17H16N2O3. The first-order valence-corrected chi connectivity index (χ1v) is 7.13. The molecule has 0 unspecified atom stereocenters. The van der Waals surface area contributed by atoms with E-state index in [4.69, 9.17) is 9.15 Å². The number of rotatable bonds is 6. The Morgan fingerprint density at radius 2 is 2.09 bits per heavy atom. The Morgan fingerprint density at radius 1 is 1.18 bits per heavy atom. The molecule has 0 aliphatic carbocycles. The van der Waals surface area contributed by atoms with Crippen LogP contribution in [0.3, 0.4) is 0 Å². The number of hydrogen-bond donors (Lipinski definition) is 1. The summed E-state index contributed by atoms with van der Waals surface area (Å²) < 4.78 is 10.8. The van der Waals surface area contributed by atoms with E-state index in [0.717, 1.165) is 16.7 Å². The third-order valence-corrected chi connectivity index (χ3v) is 3.20. The highest BCUT2D eigenvalue weighted by Crippen LogP contribution is 2.22. The number of hydrogen-bond acceptors (Lipinski definition) is 4. The van der Waals surface area contributed by atoms with Crippen molar-refractivity contribution >= 4 is 16.8 Å². The summed E-state index contributed by atoms with van der Waals surface area (Å²) >= 11 is 0. The molecule has 1 N–H and O–H groups in total. The van der Waals surface area contributed by atoms with E-state index in [9.17, 15) is 4.79 Å². The van der Waals surface area contributed by atoms with Gasteiger partial charge >= 0.3 is 0 Å². The minimum Gasteiger partial charge on any atom is -0.491 e. The number of carbonyl (C=O) groups is 1. The molecule has 112 valence electrons. The molecule has 0 saturated carbocycles. The first-order valence-electron chi connectivity index (χ1n) is 7.13. The molecule has 0 saturated heterocycles. The zero-order chi connectivity index (χ0) is 15.2. The van der Waals surface area contributed by atoms with Crippen LogP contribution >= 0.6 is 0 Å². The van der Waals surface area contributed by atoms with Crippen LogP contribution in [0.1, 0.15) is 17.0 Å². The van der Waals surface area contributed by atoms with E-state index in [2.05, 4.69) is 10.3 Å². The van der Waals surface area contributed by atoms with Crippen molar-refractivity contribution < 1.29 is 13.9 Å². The van der Waals surface area contributed by atoms with Crippen molar-refractivity contribution in [1.82, 2.24) is 10.3 Å². The Kier molecular flexibility index (Phi) is 4.34. The van der Waals surface area contributed by atoms with Gasteiger partial charge in [0.1, 0.15) is 11.3 Å².